The number of fused-ring (bicyclic) bond motifs is 1. The van der Waals surface area contributed by atoms with Crippen LogP contribution in [0, 0.1) is 0 Å². The van der Waals surface area contributed by atoms with E-state index in [1.165, 1.54) is 10.9 Å². The molecule has 0 amide bonds. The number of nitrogens with zero attached hydrogens (tertiary/aromatic N) is 3. The number of carboxylic acids is 1. The van der Waals surface area contributed by atoms with Crippen LogP contribution in [0.4, 0.5) is 5.95 Å². The second kappa shape index (κ2) is 10.8. The summed E-state index contributed by atoms with van der Waals surface area (Å²) in [5.41, 5.74) is 5.22. The number of nitrogen functional groups attached to an aromatic ring is 1. The van der Waals surface area contributed by atoms with Crippen LogP contribution in [0.5, 0.6) is 0 Å². The number of carboxylic acid groups (broad SMARTS) is 1. The van der Waals surface area contributed by atoms with Gasteiger partial charge in [-0.25, -0.2) is 4.98 Å². The Morgan fingerprint density at radius 3 is 2.72 bits per heavy atom. The van der Waals surface area contributed by atoms with Crippen LogP contribution in [0.1, 0.15) is 0 Å². The third-order valence-corrected chi connectivity index (χ3v) is 3.78. The second-order valence-corrected chi connectivity index (χ2v) is 6.15. The summed E-state index contributed by atoms with van der Waals surface area (Å²) in [7, 11) is -4.49. The van der Waals surface area contributed by atoms with Gasteiger partial charge in [0.15, 0.2) is 11.2 Å². The number of carbonyl (C=O) groups excluding carboxylic acids is 1. The van der Waals surface area contributed by atoms with Gasteiger partial charge in [-0.2, -0.15) is 4.98 Å². The molecule has 0 saturated heterocycles. The molecular weight excluding hydrogens is 379 g/mol. The quantitative estimate of drug-likeness (QED) is 0.248. The van der Waals surface area contributed by atoms with Gasteiger partial charge in [0.05, 0.1) is 25.7 Å². The van der Waals surface area contributed by atoms with Gasteiger partial charge < -0.3 is 34.4 Å². The first kappa shape index (κ1) is 24.7. The Morgan fingerprint density at radius 2 is 2.08 bits per heavy atom. The Morgan fingerprint density at radius 1 is 1.40 bits per heavy atom. The molecular formula is C10H12N5Na2O7P. The van der Waals surface area contributed by atoms with Crippen molar-refractivity contribution in [3.05, 3.63) is 16.7 Å². The Kier molecular flexibility index (Phi) is 10.7. The van der Waals surface area contributed by atoms with Crippen molar-refractivity contribution in [2.75, 3.05) is 25.1 Å². The Bertz CT molecular complexity index is 826. The number of nitrogens with two attached hydrogens (primary N) is 1. The number of H-pyrrole nitrogens is 1. The molecule has 0 saturated carbocycles. The SMILES string of the molecule is Nc1nc2c(ncn2COCCOP(=O)([O-])CC(=O)[O-])c(=O)[nH]1.[Na+].[Na+]. The first-order valence-electron chi connectivity index (χ1n) is 6.21. The molecule has 0 aliphatic rings. The standard InChI is InChI=1S/C10H14N5O7P.2Na/c11-10-13-8-7(9(18)14-10)12-4-15(8)5-21-1-2-22-23(19,20)3-6(16)17;;/h4H,1-3,5H2,(H,16,17)(H,19,20)(H3,11,13,14,18);;/q;2*+1/p-2. The number of hydrogen-bond donors (Lipinski definition) is 2. The van der Waals surface area contributed by atoms with Crippen molar-refractivity contribution in [3.8, 4) is 0 Å². The fourth-order valence-corrected chi connectivity index (χ4v) is 2.43. The predicted octanol–water partition coefficient (Wildman–Crippen LogP) is -9.00. The monoisotopic (exact) mass is 391 g/mol. The van der Waals surface area contributed by atoms with Crippen LogP contribution in [-0.4, -0.2) is 44.9 Å². The molecule has 2 rings (SSSR count). The maximum absolute atomic E-state index is 11.6. The third kappa shape index (κ3) is 7.47. The third-order valence-electron chi connectivity index (χ3n) is 2.56. The van der Waals surface area contributed by atoms with Crippen molar-refractivity contribution in [2.45, 2.75) is 6.73 Å². The number of rotatable bonds is 8. The first-order valence-corrected chi connectivity index (χ1v) is 7.94. The summed E-state index contributed by atoms with van der Waals surface area (Å²) in [5.74, 6) is -1.83. The Hall–Kier alpha value is -0.270. The molecule has 0 radical (unpaired) electrons. The minimum absolute atomic E-state index is 0. The number of ether oxygens (including phenoxy) is 1. The molecule has 25 heavy (non-hydrogen) atoms. The zero-order chi connectivity index (χ0) is 17.0. The van der Waals surface area contributed by atoms with E-state index in [1.54, 1.807) is 0 Å². The molecule has 1 unspecified atom stereocenters. The van der Waals surface area contributed by atoms with Gasteiger partial charge >= 0.3 is 59.1 Å². The summed E-state index contributed by atoms with van der Waals surface area (Å²) in [5, 5.41) is 10.2. The van der Waals surface area contributed by atoms with Crippen LogP contribution >= 0.6 is 7.60 Å². The largest absolute Gasteiger partial charge is 1.00 e. The minimum atomic E-state index is -4.49. The molecule has 2 aromatic rings. The van der Waals surface area contributed by atoms with Gasteiger partial charge in [-0.15, -0.1) is 0 Å². The van der Waals surface area contributed by atoms with E-state index in [0.29, 0.717) is 0 Å². The number of aromatic nitrogens is 4. The van der Waals surface area contributed by atoms with E-state index in [1.807, 2.05) is 0 Å². The van der Waals surface area contributed by atoms with E-state index in [9.17, 15) is 24.2 Å². The van der Waals surface area contributed by atoms with Crippen LogP contribution in [0.15, 0.2) is 11.1 Å². The van der Waals surface area contributed by atoms with E-state index < -0.39 is 25.3 Å². The van der Waals surface area contributed by atoms with Crippen molar-refractivity contribution in [2.24, 2.45) is 0 Å². The van der Waals surface area contributed by atoms with Gasteiger partial charge in [0.2, 0.25) is 5.95 Å². The number of aromatic amines is 1. The van der Waals surface area contributed by atoms with Crippen LogP contribution < -0.4 is 80.4 Å². The van der Waals surface area contributed by atoms with Crippen LogP contribution in [-0.2, 0) is 25.4 Å². The molecule has 0 aliphatic carbocycles. The molecule has 1 atom stereocenters. The van der Waals surface area contributed by atoms with Gasteiger partial charge in [-0.05, 0) is 0 Å². The topological polar surface area (TPSA) is 188 Å². The molecule has 15 heteroatoms. The maximum atomic E-state index is 11.6. The van der Waals surface area contributed by atoms with E-state index in [2.05, 4.69) is 19.5 Å². The molecule has 0 aliphatic heterocycles. The first-order chi connectivity index (χ1) is 10.8. The summed E-state index contributed by atoms with van der Waals surface area (Å²) in [6.07, 6.45) is 0.104. The fraction of sp³-hybridized carbons (Fsp3) is 0.400. The Labute approximate surface area is 185 Å². The van der Waals surface area contributed by atoms with Crippen molar-refractivity contribution < 1.29 is 87.7 Å². The van der Waals surface area contributed by atoms with Gasteiger partial charge in [-0.3, -0.25) is 14.3 Å². The molecule has 2 aromatic heterocycles. The summed E-state index contributed by atoms with van der Waals surface area (Å²) in [6, 6.07) is 0. The fourth-order valence-electron chi connectivity index (χ4n) is 1.67. The number of anilines is 1. The average molecular weight is 391 g/mol. The minimum Gasteiger partial charge on any atom is -0.778 e. The Balaban J connectivity index is 0.00000288. The molecule has 0 aromatic carbocycles. The average Bonchev–Trinajstić information content (AvgIpc) is 2.80. The zero-order valence-electron chi connectivity index (χ0n) is 13.6. The van der Waals surface area contributed by atoms with E-state index in [4.69, 9.17) is 10.5 Å². The molecule has 12 nitrogen and oxygen atoms in total. The van der Waals surface area contributed by atoms with E-state index in [0.717, 1.165) is 0 Å². The van der Waals surface area contributed by atoms with E-state index >= 15 is 0 Å². The summed E-state index contributed by atoms with van der Waals surface area (Å²) in [6.45, 7) is -0.589. The summed E-state index contributed by atoms with van der Waals surface area (Å²) >= 11 is 0. The van der Waals surface area contributed by atoms with Crippen molar-refractivity contribution in [1.29, 1.82) is 0 Å². The van der Waals surface area contributed by atoms with Gasteiger partial charge in [0.1, 0.15) is 14.3 Å². The van der Waals surface area contributed by atoms with Gasteiger partial charge in [0.25, 0.3) is 5.56 Å². The number of imidazole rings is 1. The van der Waals surface area contributed by atoms with Gasteiger partial charge in [0, 0.05) is 5.97 Å². The normalized spacial score (nSPS) is 12.8. The summed E-state index contributed by atoms with van der Waals surface area (Å²) in [4.78, 5) is 42.9. The zero-order valence-corrected chi connectivity index (χ0v) is 18.5. The molecule has 0 fully saturated rings. The van der Waals surface area contributed by atoms with Gasteiger partial charge in [-0.1, -0.05) is 0 Å². The molecule has 0 spiro atoms. The predicted molar refractivity (Wildman–Crippen MR) is 71.9 cm³/mol. The molecule has 2 heterocycles. The maximum Gasteiger partial charge on any atom is 1.00 e. The number of aliphatic carboxylic acids is 1. The molecule has 3 N–H and O–H groups in total. The molecule has 126 valence electrons. The number of carbonyl (C=O) groups is 1. The number of nitrogens with one attached hydrogen (secondary N) is 1. The van der Waals surface area contributed by atoms with Crippen LogP contribution in [0.3, 0.4) is 0 Å². The molecule has 0 bridgehead atoms. The summed E-state index contributed by atoms with van der Waals surface area (Å²) < 4.78 is 22.1. The van der Waals surface area contributed by atoms with Crippen molar-refractivity contribution >= 4 is 30.7 Å². The second-order valence-electron chi connectivity index (χ2n) is 4.35. The number of hydrogen-bond acceptors (Lipinski definition) is 10. The van der Waals surface area contributed by atoms with Crippen molar-refractivity contribution in [1.82, 2.24) is 19.5 Å². The van der Waals surface area contributed by atoms with Crippen molar-refractivity contribution in [3.63, 3.8) is 0 Å². The van der Waals surface area contributed by atoms with Crippen LogP contribution in [0.2, 0.25) is 0 Å². The van der Waals surface area contributed by atoms with Crippen LogP contribution in [0.25, 0.3) is 11.2 Å². The van der Waals surface area contributed by atoms with E-state index in [-0.39, 0.29) is 96.2 Å². The smallest absolute Gasteiger partial charge is 0.778 e.